The average Bonchev–Trinajstić information content (AvgIpc) is 3.28. The summed E-state index contributed by atoms with van der Waals surface area (Å²) in [6.45, 7) is 0.170. The molecule has 1 amide bonds. The highest BCUT2D eigenvalue weighted by molar-refractivity contribution is 7.89. The Morgan fingerprint density at radius 3 is 2.56 bits per heavy atom. The van der Waals surface area contributed by atoms with Crippen LogP contribution >= 0.6 is 0 Å². The molecule has 0 saturated heterocycles. The van der Waals surface area contributed by atoms with Crippen LogP contribution in [-0.4, -0.2) is 60.3 Å². The van der Waals surface area contributed by atoms with Gasteiger partial charge in [-0.2, -0.15) is 0 Å². The number of carboxylic acids is 1. The molecule has 2 aromatic carbocycles. The highest BCUT2D eigenvalue weighted by Crippen LogP contribution is 2.37. The molecule has 4 N–H and O–H groups in total. The Labute approximate surface area is 225 Å². The molecule has 11 nitrogen and oxygen atoms in total. The first-order chi connectivity index (χ1) is 18.6. The quantitative estimate of drug-likeness (QED) is 0.260. The van der Waals surface area contributed by atoms with Crippen LogP contribution in [0, 0.1) is 11.7 Å². The SMILES string of the molecule is COCCCNS(=O)(=O)c1cc(C(=O)Nc2nc3ccc(CO)cc3n2C2CCC(C(=O)O)CC2)ccc1F. The molecule has 0 radical (unpaired) electrons. The molecule has 13 heteroatoms. The Kier molecular flexibility index (Phi) is 8.95. The van der Waals surface area contributed by atoms with Crippen molar-refractivity contribution in [2.24, 2.45) is 5.92 Å². The normalized spacial score (nSPS) is 17.8. The molecular weight excluding hydrogens is 531 g/mol. The number of anilines is 1. The van der Waals surface area contributed by atoms with E-state index in [0.29, 0.717) is 55.3 Å². The van der Waals surface area contributed by atoms with Crippen LogP contribution in [0.4, 0.5) is 10.3 Å². The van der Waals surface area contributed by atoms with Crippen molar-refractivity contribution in [3.8, 4) is 0 Å². The molecule has 1 heterocycles. The third-order valence-electron chi connectivity index (χ3n) is 6.87. The summed E-state index contributed by atoms with van der Waals surface area (Å²) in [5.74, 6) is -2.77. The first-order valence-corrected chi connectivity index (χ1v) is 14.1. The second-order valence-corrected chi connectivity index (χ2v) is 11.2. The number of rotatable bonds is 11. The number of aliphatic carboxylic acids is 1. The number of fused-ring (bicyclic) bond motifs is 1. The first-order valence-electron chi connectivity index (χ1n) is 12.6. The summed E-state index contributed by atoms with van der Waals surface area (Å²) in [5, 5.41) is 21.7. The summed E-state index contributed by atoms with van der Waals surface area (Å²) < 4.78 is 48.8. The number of nitrogens with one attached hydrogen (secondary N) is 2. The van der Waals surface area contributed by atoms with Crippen molar-refractivity contribution in [3.63, 3.8) is 0 Å². The average molecular weight is 563 g/mol. The summed E-state index contributed by atoms with van der Waals surface area (Å²) in [4.78, 5) is 28.6. The Morgan fingerprint density at radius 1 is 1.15 bits per heavy atom. The second kappa shape index (κ2) is 12.2. The van der Waals surface area contributed by atoms with Gasteiger partial charge in [0, 0.05) is 31.9 Å². The maximum absolute atomic E-state index is 14.5. The maximum Gasteiger partial charge on any atom is 0.306 e. The first kappa shape index (κ1) is 28.6. The molecule has 39 heavy (non-hydrogen) atoms. The molecular formula is C26H31FN4O7S. The summed E-state index contributed by atoms with van der Waals surface area (Å²) in [5.41, 5.74) is 1.79. The smallest absolute Gasteiger partial charge is 0.306 e. The number of aliphatic hydroxyl groups excluding tert-OH is 1. The van der Waals surface area contributed by atoms with Gasteiger partial charge in [-0.25, -0.2) is 22.5 Å². The van der Waals surface area contributed by atoms with Gasteiger partial charge in [-0.3, -0.25) is 14.9 Å². The van der Waals surface area contributed by atoms with E-state index in [9.17, 15) is 32.6 Å². The van der Waals surface area contributed by atoms with Crippen LogP contribution < -0.4 is 10.0 Å². The summed E-state index contributed by atoms with van der Waals surface area (Å²) in [7, 11) is -2.74. The van der Waals surface area contributed by atoms with Crippen molar-refractivity contribution in [1.82, 2.24) is 14.3 Å². The van der Waals surface area contributed by atoms with E-state index >= 15 is 0 Å². The summed E-state index contributed by atoms with van der Waals surface area (Å²) in [6.07, 6.45) is 2.40. The standard InChI is InChI=1S/C26H31FN4O7S/c1-38-12-2-11-28-39(36,37)23-14-18(6-9-20(23)27)24(33)30-26-29-21-10-3-16(15-32)13-22(21)31(26)19-7-4-17(5-8-19)25(34)35/h3,6,9-10,13-14,17,19,28,32H,2,4-5,7-8,11-12,15H2,1H3,(H,34,35)(H,29,30,33). The number of benzene rings is 2. The van der Waals surface area contributed by atoms with E-state index < -0.39 is 38.5 Å². The number of aliphatic hydroxyl groups is 1. The number of nitrogens with zero attached hydrogens (tertiary/aromatic N) is 2. The highest BCUT2D eigenvalue weighted by atomic mass is 32.2. The maximum atomic E-state index is 14.5. The molecule has 1 saturated carbocycles. The van der Waals surface area contributed by atoms with Crippen LogP contribution in [0.1, 0.15) is 54.1 Å². The third-order valence-corrected chi connectivity index (χ3v) is 8.35. The number of amides is 1. The lowest BCUT2D eigenvalue weighted by atomic mass is 9.86. The molecule has 0 aliphatic heterocycles. The Morgan fingerprint density at radius 2 is 1.90 bits per heavy atom. The number of carbonyl (C=O) groups excluding carboxylic acids is 1. The minimum atomic E-state index is -4.22. The van der Waals surface area contributed by atoms with Gasteiger partial charge in [0.15, 0.2) is 0 Å². The van der Waals surface area contributed by atoms with E-state index in [1.807, 2.05) is 4.57 Å². The van der Waals surface area contributed by atoms with E-state index in [1.54, 1.807) is 18.2 Å². The van der Waals surface area contributed by atoms with Crippen LogP contribution in [-0.2, 0) is 26.2 Å². The number of carboxylic acid groups (broad SMARTS) is 1. The van der Waals surface area contributed by atoms with E-state index in [1.165, 1.54) is 13.2 Å². The van der Waals surface area contributed by atoms with Gasteiger partial charge >= 0.3 is 5.97 Å². The van der Waals surface area contributed by atoms with Gasteiger partial charge in [-0.15, -0.1) is 0 Å². The molecule has 0 atom stereocenters. The van der Waals surface area contributed by atoms with Gasteiger partial charge in [0.25, 0.3) is 5.91 Å². The topological polar surface area (TPSA) is 160 Å². The molecule has 1 aliphatic rings. The van der Waals surface area contributed by atoms with Crippen LogP contribution in [0.5, 0.6) is 0 Å². The lowest BCUT2D eigenvalue weighted by Gasteiger charge is -2.28. The lowest BCUT2D eigenvalue weighted by Crippen LogP contribution is -2.27. The monoisotopic (exact) mass is 562 g/mol. The van der Waals surface area contributed by atoms with Crippen molar-refractivity contribution in [3.05, 3.63) is 53.3 Å². The van der Waals surface area contributed by atoms with Crippen LogP contribution in [0.25, 0.3) is 11.0 Å². The van der Waals surface area contributed by atoms with E-state index in [2.05, 4.69) is 15.0 Å². The van der Waals surface area contributed by atoms with Crippen molar-refractivity contribution in [2.75, 3.05) is 25.6 Å². The summed E-state index contributed by atoms with van der Waals surface area (Å²) >= 11 is 0. The van der Waals surface area contributed by atoms with Crippen molar-refractivity contribution >= 4 is 38.9 Å². The fourth-order valence-electron chi connectivity index (χ4n) is 4.80. The van der Waals surface area contributed by atoms with Gasteiger partial charge in [-0.05, 0) is 68.0 Å². The zero-order valence-corrected chi connectivity index (χ0v) is 22.2. The Bertz CT molecular complexity index is 1470. The van der Waals surface area contributed by atoms with Gasteiger partial charge in [-0.1, -0.05) is 6.07 Å². The fraction of sp³-hybridized carbons (Fsp3) is 0.423. The zero-order valence-electron chi connectivity index (χ0n) is 21.4. The van der Waals surface area contributed by atoms with Crippen LogP contribution in [0.3, 0.4) is 0 Å². The largest absolute Gasteiger partial charge is 0.481 e. The second-order valence-electron chi connectivity index (χ2n) is 9.47. The van der Waals surface area contributed by atoms with E-state index in [-0.39, 0.29) is 30.7 Å². The highest BCUT2D eigenvalue weighted by Gasteiger charge is 2.30. The van der Waals surface area contributed by atoms with E-state index in [4.69, 9.17) is 4.74 Å². The third kappa shape index (κ3) is 6.44. The number of imidazole rings is 1. The molecule has 1 aromatic heterocycles. The number of carbonyl (C=O) groups is 2. The molecule has 0 unspecified atom stereocenters. The number of hydrogen-bond donors (Lipinski definition) is 4. The Hall–Kier alpha value is -3.39. The number of aromatic nitrogens is 2. The van der Waals surface area contributed by atoms with Crippen molar-refractivity contribution < 1.29 is 37.3 Å². The van der Waals surface area contributed by atoms with Crippen LogP contribution in [0.2, 0.25) is 0 Å². The van der Waals surface area contributed by atoms with Gasteiger partial charge < -0.3 is 19.5 Å². The lowest BCUT2D eigenvalue weighted by molar-refractivity contribution is -0.143. The molecule has 1 fully saturated rings. The van der Waals surface area contributed by atoms with Crippen molar-refractivity contribution in [2.45, 2.75) is 49.6 Å². The molecule has 3 aromatic rings. The predicted octanol–water partition coefficient (Wildman–Crippen LogP) is 3.05. The zero-order chi connectivity index (χ0) is 28.2. The molecule has 210 valence electrons. The predicted molar refractivity (Wildman–Crippen MR) is 140 cm³/mol. The molecule has 0 bridgehead atoms. The molecule has 4 rings (SSSR count). The molecule has 1 aliphatic carbocycles. The number of halogens is 1. The molecule has 0 spiro atoms. The van der Waals surface area contributed by atoms with Gasteiger partial charge in [0.1, 0.15) is 10.7 Å². The number of ether oxygens (including phenoxy) is 1. The minimum Gasteiger partial charge on any atom is -0.481 e. The summed E-state index contributed by atoms with van der Waals surface area (Å²) in [6, 6.07) is 8.11. The number of methoxy groups -OCH3 is 1. The minimum absolute atomic E-state index is 0.0377. The fourth-order valence-corrected chi connectivity index (χ4v) is 5.98. The number of sulfonamides is 1. The van der Waals surface area contributed by atoms with Gasteiger partial charge in [0.05, 0.1) is 23.6 Å². The van der Waals surface area contributed by atoms with Crippen molar-refractivity contribution in [1.29, 1.82) is 0 Å². The Balaban J connectivity index is 1.64. The van der Waals surface area contributed by atoms with Gasteiger partial charge in [0.2, 0.25) is 16.0 Å². The van der Waals surface area contributed by atoms with Crippen LogP contribution in [0.15, 0.2) is 41.3 Å². The van der Waals surface area contributed by atoms with E-state index in [0.717, 1.165) is 12.1 Å². The number of hydrogen-bond acceptors (Lipinski definition) is 7.